The fourth-order valence-electron chi connectivity index (χ4n) is 1.29. The van der Waals surface area contributed by atoms with E-state index in [9.17, 15) is 13.6 Å². The molecular formula is C11H7F2N3O3. The molecule has 1 N–H and O–H groups in total. The number of nitrogens with zero attached hydrogens (tertiary/aromatic N) is 3. The number of hydrogen-bond acceptors (Lipinski definition) is 5. The Kier molecular flexibility index (Phi) is 3.60. The van der Waals surface area contributed by atoms with Gasteiger partial charge in [-0.25, -0.2) is 19.7 Å². The minimum Gasteiger partial charge on any atom is -0.477 e. The van der Waals surface area contributed by atoms with Gasteiger partial charge in [-0.1, -0.05) is 0 Å². The first-order valence-corrected chi connectivity index (χ1v) is 5.04. The molecule has 0 spiro atoms. The van der Waals surface area contributed by atoms with E-state index in [-0.39, 0.29) is 17.4 Å². The molecule has 0 aliphatic heterocycles. The maximum atomic E-state index is 11.9. The number of halogens is 2. The van der Waals surface area contributed by atoms with Crippen LogP contribution in [-0.4, -0.2) is 32.6 Å². The van der Waals surface area contributed by atoms with Crippen molar-refractivity contribution in [1.82, 2.24) is 15.0 Å². The van der Waals surface area contributed by atoms with E-state index in [0.717, 1.165) is 0 Å². The van der Waals surface area contributed by atoms with Crippen molar-refractivity contribution in [3.63, 3.8) is 0 Å². The number of carboxylic acid groups (broad SMARTS) is 1. The zero-order chi connectivity index (χ0) is 13.8. The van der Waals surface area contributed by atoms with Crippen LogP contribution >= 0.6 is 0 Å². The van der Waals surface area contributed by atoms with Crippen LogP contribution < -0.4 is 4.74 Å². The summed E-state index contributed by atoms with van der Waals surface area (Å²) in [5, 5.41) is 8.79. The third kappa shape index (κ3) is 3.18. The lowest BCUT2D eigenvalue weighted by Gasteiger charge is -2.04. The summed E-state index contributed by atoms with van der Waals surface area (Å²) >= 11 is 0. The smallest absolute Gasteiger partial charge is 0.388 e. The number of alkyl halides is 2. The van der Waals surface area contributed by atoms with Gasteiger partial charge in [0.1, 0.15) is 0 Å². The van der Waals surface area contributed by atoms with Gasteiger partial charge < -0.3 is 9.84 Å². The first kappa shape index (κ1) is 12.8. The fraction of sp³-hybridized carbons (Fsp3) is 0.0909. The highest BCUT2D eigenvalue weighted by molar-refractivity contribution is 5.85. The molecule has 0 bridgehead atoms. The van der Waals surface area contributed by atoms with E-state index < -0.39 is 12.6 Å². The topological polar surface area (TPSA) is 85.2 Å². The van der Waals surface area contributed by atoms with Gasteiger partial charge in [0.25, 0.3) is 0 Å². The average Bonchev–Trinajstić information content (AvgIpc) is 2.39. The Morgan fingerprint density at radius 1 is 1.26 bits per heavy atom. The van der Waals surface area contributed by atoms with Crippen molar-refractivity contribution in [1.29, 1.82) is 0 Å². The number of carboxylic acids is 1. The Balaban J connectivity index is 2.27. The van der Waals surface area contributed by atoms with Crippen LogP contribution in [0.15, 0.2) is 30.6 Å². The number of carbonyl (C=O) groups is 1. The van der Waals surface area contributed by atoms with Crippen molar-refractivity contribution in [3.05, 3.63) is 36.3 Å². The average molecular weight is 267 g/mol. The van der Waals surface area contributed by atoms with E-state index in [1.165, 1.54) is 30.6 Å². The zero-order valence-corrected chi connectivity index (χ0v) is 9.33. The highest BCUT2D eigenvalue weighted by Gasteiger charge is 2.09. The first-order valence-electron chi connectivity index (χ1n) is 5.04. The van der Waals surface area contributed by atoms with Crippen LogP contribution in [0.1, 0.15) is 10.5 Å². The van der Waals surface area contributed by atoms with Crippen molar-refractivity contribution < 1.29 is 23.4 Å². The van der Waals surface area contributed by atoms with Crippen LogP contribution in [0.4, 0.5) is 8.78 Å². The molecule has 0 aromatic carbocycles. The zero-order valence-electron chi connectivity index (χ0n) is 9.33. The molecule has 2 aromatic rings. The summed E-state index contributed by atoms with van der Waals surface area (Å²) < 4.78 is 28.0. The molecule has 0 fully saturated rings. The van der Waals surface area contributed by atoms with Crippen LogP contribution in [0.5, 0.6) is 5.88 Å². The lowest BCUT2D eigenvalue weighted by atomic mass is 10.2. The lowest BCUT2D eigenvalue weighted by Crippen LogP contribution is -2.04. The normalized spacial score (nSPS) is 10.5. The van der Waals surface area contributed by atoms with Crippen LogP contribution in [0.2, 0.25) is 0 Å². The van der Waals surface area contributed by atoms with E-state index in [0.29, 0.717) is 5.56 Å². The molecule has 6 nitrogen and oxygen atoms in total. The maximum absolute atomic E-state index is 11.9. The number of ether oxygens (including phenoxy) is 1. The highest BCUT2D eigenvalue weighted by Crippen LogP contribution is 2.17. The number of aromatic carboxylic acids is 1. The molecular weight excluding hydrogens is 260 g/mol. The Morgan fingerprint density at radius 2 is 2.05 bits per heavy atom. The number of rotatable bonds is 4. The van der Waals surface area contributed by atoms with Gasteiger partial charge in [-0.05, 0) is 12.1 Å². The summed E-state index contributed by atoms with van der Waals surface area (Å²) in [6, 6.07) is 3.87. The van der Waals surface area contributed by atoms with Crippen molar-refractivity contribution in [2.45, 2.75) is 6.61 Å². The summed E-state index contributed by atoms with van der Waals surface area (Å²) in [5.74, 6) is -1.29. The molecule has 2 rings (SSSR count). The molecule has 0 amide bonds. The second-order valence-electron chi connectivity index (χ2n) is 3.33. The second-order valence-corrected chi connectivity index (χ2v) is 3.33. The van der Waals surface area contributed by atoms with Crippen LogP contribution in [0.3, 0.4) is 0 Å². The molecule has 0 unspecified atom stereocenters. The number of hydrogen-bond donors (Lipinski definition) is 1. The Bertz CT molecular complexity index is 590. The lowest BCUT2D eigenvalue weighted by molar-refractivity contribution is -0.0528. The van der Waals surface area contributed by atoms with Gasteiger partial charge in [0.2, 0.25) is 5.88 Å². The predicted octanol–water partition coefficient (Wildman–Crippen LogP) is 1.84. The van der Waals surface area contributed by atoms with Crippen molar-refractivity contribution in [2.24, 2.45) is 0 Å². The van der Waals surface area contributed by atoms with Gasteiger partial charge >= 0.3 is 12.6 Å². The molecule has 8 heteroatoms. The quantitative estimate of drug-likeness (QED) is 0.909. The molecule has 0 saturated carbocycles. The predicted molar refractivity (Wildman–Crippen MR) is 58.9 cm³/mol. The third-order valence-corrected chi connectivity index (χ3v) is 2.08. The molecule has 2 aromatic heterocycles. The maximum Gasteiger partial charge on any atom is 0.388 e. The molecule has 0 aliphatic carbocycles. The largest absolute Gasteiger partial charge is 0.477 e. The van der Waals surface area contributed by atoms with Gasteiger partial charge in [0.15, 0.2) is 11.5 Å². The van der Waals surface area contributed by atoms with Gasteiger partial charge in [-0.15, -0.1) is 0 Å². The second kappa shape index (κ2) is 5.34. The molecule has 19 heavy (non-hydrogen) atoms. The van der Waals surface area contributed by atoms with E-state index in [2.05, 4.69) is 19.7 Å². The molecule has 0 saturated heterocycles. The first-order chi connectivity index (χ1) is 9.06. The van der Waals surface area contributed by atoms with Gasteiger partial charge in [-0.3, -0.25) is 0 Å². The van der Waals surface area contributed by atoms with Crippen LogP contribution in [0.25, 0.3) is 11.4 Å². The van der Waals surface area contributed by atoms with Crippen molar-refractivity contribution in [3.8, 4) is 17.3 Å². The van der Waals surface area contributed by atoms with E-state index in [1.807, 2.05) is 0 Å². The fourth-order valence-corrected chi connectivity index (χ4v) is 1.29. The molecule has 2 heterocycles. The molecule has 98 valence electrons. The summed E-state index contributed by atoms with van der Waals surface area (Å²) in [7, 11) is 0. The third-order valence-electron chi connectivity index (χ3n) is 2.08. The highest BCUT2D eigenvalue weighted by atomic mass is 19.3. The molecule has 0 atom stereocenters. The monoisotopic (exact) mass is 267 g/mol. The van der Waals surface area contributed by atoms with E-state index >= 15 is 0 Å². The van der Waals surface area contributed by atoms with Gasteiger partial charge in [-0.2, -0.15) is 8.78 Å². The van der Waals surface area contributed by atoms with Crippen LogP contribution in [-0.2, 0) is 0 Å². The van der Waals surface area contributed by atoms with Crippen molar-refractivity contribution >= 4 is 5.97 Å². The van der Waals surface area contributed by atoms with E-state index in [4.69, 9.17) is 5.11 Å². The summed E-state index contributed by atoms with van der Waals surface area (Å²) in [6.45, 7) is -2.95. The van der Waals surface area contributed by atoms with Gasteiger partial charge in [0.05, 0.1) is 0 Å². The Morgan fingerprint density at radius 3 is 2.63 bits per heavy atom. The molecule has 0 aliphatic rings. The van der Waals surface area contributed by atoms with Crippen molar-refractivity contribution in [2.75, 3.05) is 0 Å². The standard InChI is InChI=1S/C11H7F2N3O3/c12-11(13)19-8-2-1-6(5-15-8)9-14-4-3-7(16-9)10(17)18/h1-5,11H,(H,17,18). The van der Waals surface area contributed by atoms with Gasteiger partial charge in [0, 0.05) is 24.0 Å². The Hall–Kier alpha value is -2.64. The van der Waals surface area contributed by atoms with E-state index in [1.54, 1.807) is 0 Å². The minimum atomic E-state index is -2.95. The summed E-state index contributed by atoms with van der Waals surface area (Å²) in [4.78, 5) is 22.1. The SMILES string of the molecule is O=C(O)c1ccnc(-c2ccc(OC(F)F)nc2)n1. The Labute approximate surface area is 105 Å². The summed E-state index contributed by atoms with van der Waals surface area (Å²) in [5.41, 5.74) is 0.225. The van der Waals surface area contributed by atoms with Crippen LogP contribution in [0, 0.1) is 0 Å². The minimum absolute atomic E-state index is 0.135. The summed E-state index contributed by atoms with van der Waals surface area (Å²) in [6.07, 6.45) is 2.51. The molecule has 0 radical (unpaired) electrons. The number of pyridine rings is 1. The number of aromatic nitrogens is 3.